The lowest BCUT2D eigenvalue weighted by Crippen LogP contribution is -2.34. The summed E-state index contributed by atoms with van der Waals surface area (Å²) in [7, 11) is 0. The minimum absolute atomic E-state index is 0.0506. The van der Waals surface area contributed by atoms with Crippen LogP contribution in [0.2, 0.25) is 0 Å². The fraction of sp³-hybridized carbons (Fsp3) is 0.600. The summed E-state index contributed by atoms with van der Waals surface area (Å²) in [4.78, 5) is 0. The van der Waals surface area contributed by atoms with Gasteiger partial charge in [-0.3, -0.25) is 0 Å². The zero-order valence-electron chi connectivity index (χ0n) is 10.4. The van der Waals surface area contributed by atoms with E-state index >= 15 is 0 Å². The Kier molecular flexibility index (Phi) is 3.25. The molecule has 0 saturated heterocycles. The van der Waals surface area contributed by atoms with Crippen LogP contribution in [0.3, 0.4) is 0 Å². The molecule has 1 aromatic rings. The molecule has 2 atom stereocenters. The van der Waals surface area contributed by atoms with E-state index in [1.807, 2.05) is 0 Å². The van der Waals surface area contributed by atoms with Crippen molar-refractivity contribution in [1.82, 2.24) is 0 Å². The number of aliphatic hydroxyl groups excluding tert-OH is 1. The Morgan fingerprint density at radius 1 is 1.17 bits per heavy atom. The molecule has 1 heterocycles. The summed E-state index contributed by atoms with van der Waals surface area (Å²) in [5.74, 6) is 0.749. The van der Waals surface area contributed by atoms with Gasteiger partial charge in [0.25, 0.3) is 0 Å². The molecule has 1 N–H and O–H groups in total. The Morgan fingerprint density at radius 2 is 1.94 bits per heavy atom. The van der Waals surface area contributed by atoms with Crippen molar-refractivity contribution >= 4 is 0 Å². The Labute approximate surface area is 107 Å². The van der Waals surface area contributed by atoms with Gasteiger partial charge in [0.1, 0.15) is 17.7 Å². The highest BCUT2D eigenvalue weighted by atomic mass is 19.1. The highest BCUT2D eigenvalue weighted by Crippen LogP contribution is 2.40. The van der Waals surface area contributed by atoms with Gasteiger partial charge in [0.05, 0.1) is 6.10 Å². The molecule has 1 saturated carbocycles. The van der Waals surface area contributed by atoms with Crippen molar-refractivity contribution in [3.63, 3.8) is 0 Å². The van der Waals surface area contributed by atoms with Gasteiger partial charge < -0.3 is 9.84 Å². The van der Waals surface area contributed by atoms with Crippen molar-refractivity contribution in [2.45, 2.75) is 50.7 Å². The highest BCUT2D eigenvalue weighted by Gasteiger charge is 2.33. The smallest absolute Gasteiger partial charge is 0.128 e. The lowest BCUT2D eigenvalue weighted by Gasteiger charge is -2.36. The molecule has 1 aliphatic heterocycles. The number of ether oxygens (including phenoxy) is 1. The molecule has 0 spiro atoms. The minimum atomic E-state index is -0.513. The quantitative estimate of drug-likeness (QED) is 0.825. The van der Waals surface area contributed by atoms with E-state index in [1.54, 1.807) is 6.07 Å². The van der Waals surface area contributed by atoms with Gasteiger partial charge in [-0.25, -0.2) is 4.39 Å². The van der Waals surface area contributed by atoms with Crippen LogP contribution in [-0.4, -0.2) is 11.2 Å². The molecule has 3 rings (SSSR count). The van der Waals surface area contributed by atoms with Crippen LogP contribution in [0.4, 0.5) is 4.39 Å². The van der Waals surface area contributed by atoms with E-state index in [9.17, 15) is 9.50 Å². The average molecular weight is 250 g/mol. The van der Waals surface area contributed by atoms with Gasteiger partial charge in [0.2, 0.25) is 0 Å². The molecule has 18 heavy (non-hydrogen) atoms. The highest BCUT2D eigenvalue weighted by molar-refractivity contribution is 5.37. The molecule has 1 fully saturated rings. The molecule has 1 aliphatic carbocycles. The van der Waals surface area contributed by atoms with Crippen LogP contribution in [0.5, 0.6) is 5.75 Å². The van der Waals surface area contributed by atoms with Gasteiger partial charge in [-0.1, -0.05) is 19.3 Å². The first-order valence-corrected chi connectivity index (χ1v) is 6.88. The van der Waals surface area contributed by atoms with Crippen molar-refractivity contribution in [3.8, 4) is 5.75 Å². The van der Waals surface area contributed by atoms with E-state index in [0.717, 1.165) is 5.56 Å². The third-order valence-corrected chi connectivity index (χ3v) is 4.24. The van der Waals surface area contributed by atoms with Crippen LogP contribution >= 0.6 is 0 Å². The normalized spacial score (nSPS) is 28.6. The summed E-state index contributed by atoms with van der Waals surface area (Å²) >= 11 is 0. The van der Waals surface area contributed by atoms with Gasteiger partial charge in [-0.2, -0.15) is 0 Å². The largest absolute Gasteiger partial charge is 0.490 e. The predicted molar refractivity (Wildman–Crippen MR) is 67.0 cm³/mol. The maximum atomic E-state index is 13.2. The molecule has 2 aliphatic rings. The number of fused-ring (bicyclic) bond motifs is 1. The Hall–Kier alpha value is -1.09. The molecule has 0 radical (unpaired) electrons. The fourth-order valence-corrected chi connectivity index (χ4v) is 3.24. The first-order chi connectivity index (χ1) is 8.74. The van der Waals surface area contributed by atoms with Gasteiger partial charge in [-0.15, -0.1) is 0 Å². The molecule has 0 amide bonds. The Balaban J connectivity index is 1.81. The topological polar surface area (TPSA) is 29.5 Å². The summed E-state index contributed by atoms with van der Waals surface area (Å²) in [5, 5.41) is 10.2. The number of hydrogen-bond donors (Lipinski definition) is 1. The standard InChI is InChI=1S/C15H19FO2/c16-11-6-7-12-13(17)9-14(18-15(12)8-11)10-4-2-1-3-5-10/h6-8,10,13-14,17H,1-5,9H2/t13-,14?/m1/s1. The predicted octanol–water partition coefficient (Wildman–Crippen LogP) is 3.59. The number of hydrogen-bond acceptors (Lipinski definition) is 2. The molecule has 3 heteroatoms. The average Bonchev–Trinajstić information content (AvgIpc) is 2.39. The molecule has 0 aromatic heterocycles. The second kappa shape index (κ2) is 4.88. The Bertz CT molecular complexity index is 427. The van der Waals surface area contributed by atoms with Crippen LogP contribution in [-0.2, 0) is 0 Å². The lowest BCUT2D eigenvalue weighted by molar-refractivity contribution is 0.0231. The van der Waals surface area contributed by atoms with E-state index in [4.69, 9.17) is 4.74 Å². The first-order valence-electron chi connectivity index (χ1n) is 6.88. The minimum Gasteiger partial charge on any atom is -0.490 e. The second-order valence-electron chi connectivity index (χ2n) is 5.49. The van der Waals surface area contributed by atoms with Crippen molar-refractivity contribution in [3.05, 3.63) is 29.6 Å². The van der Waals surface area contributed by atoms with Crippen LogP contribution in [0.15, 0.2) is 18.2 Å². The van der Waals surface area contributed by atoms with Gasteiger partial charge in [0, 0.05) is 18.1 Å². The summed E-state index contributed by atoms with van der Waals surface area (Å²) < 4.78 is 19.2. The first kappa shape index (κ1) is 12.0. The van der Waals surface area contributed by atoms with Crippen LogP contribution in [0.1, 0.15) is 50.2 Å². The fourth-order valence-electron chi connectivity index (χ4n) is 3.24. The second-order valence-corrected chi connectivity index (χ2v) is 5.49. The molecular formula is C15H19FO2. The molecule has 0 bridgehead atoms. The monoisotopic (exact) mass is 250 g/mol. The summed E-state index contributed by atoms with van der Waals surface area (Å²) in [6.07, 6.45) is 6.31. The summed E-state index contributed by atoms with van der Waals surface area (Å²) in [6, 6.07) is 4.41. The third kappa shape index (κ3) is 2.24. The van der Waals surface area contributed by atoms with E-state index in [-0.39, 0.29) is 11.9 Å². The maximum Gasteiger partial charge on any atom is 0.128 e. The van der Waals surface area contributed by atoms with Crippen molar-refractivity contribution < 1.29 is 14.2 Å². The van der Waals surface area contributed by atoms with E-state index in [0.29, 0.717) is 18.1 Å². The number of rotatable bonds is 1. The van der Waals surface area contributed by atoms with Crippen molar-refractivity contribution in [2.75, 3.05) is 0 Å². The number of aliphatic hydroxyl groups is 1. The van der Waals surface area contributed by atoms with Crippen LogP contribution in [0, 0.1) is 11.7 Å². The van der Waals surface area contributed by atoms with E-state index < -0.39 is 6.10 Å². The van der Waals surface area contributed by atoms with Crippen LogP contribution in [0.25, 0.3) is 0 Å². The maximum absolute atomic E-state index is 13.2. The zero-order chi connectivity index (χ0) is 12.5. The molecular weight excluding hydrogens is 231 g/mol. The Morgan fingerprint density at radius 3 is 2.72 bits per heavy atom. The van der Waals surface area contributed by atoms with Crippen LogP contribution < -0.4 is 4.74 Å². The van der Waals surface area contributed by atoms with Gasteiger partial charge in [-0.05, 0) is 30.9 Å². The van der Waals surface area contributed by atoms with E-state index in [1.165, 1.54) is 44.2 Å². The summed E-state index contributed by atoms with van der Waals surface area (Å²) in [5.41, 5.74) is 0.725. The van der Waals surface area contributed by atoms with Gasteiger partial charge >= 0.3 is 0 Å². The molecule has 2 nitrogen and oxygen atoms in total. The SMILES string of the molecule is O[C@@H]1CC(C2CCCCC2)Oc2cc(F)ccc21. The lowest BCUT2D eigenvalue weighted by atomic mass is 9.81. The summed E-state index contributed by atoms with van der Waals surface area (Å²) in [6.45, 7) is 0. The molecule has 1 aromatic carbocycles. The zero-order valence-corrected chi connectivity index (χ0v) is 10.4. The molecule has 1 unspecified atom stereocenters. The number of halogens is 1. The molecule has 98 valence electrons. The third-order valence-electron chi connectivity index (χ3n) is 4.24. The number of benzene rings is 1. The van der Waals surface area contributed by atoms with Crippen molar-refractivity contribution in [2.24, 2.45) is 5.92 Å². The van der Waals surface area contributed by atoms with Crippen molar-refractivity contribution in [1.29, 1.82) is 0 Å². The van der Waals surface area contributed by atoms with Gasteiger partial charge in [0.15, 0.2) is 0 Å². The van der Waals surface area contributed by atoms with E-state index in [2.05, 4.69) is 0 Å².